The van der Waals surface area contributed by atoms with Crippen LogP contribution in [0.5, 0.6) is 5.75 Å². The van der Waals surface area contributed by atoms with Crippen LogP contribution < -0.4 is 15.3 Å². The number of rotatable bonds is 4. The van der Waals surface area contributed by atoms with E-state index in [0.717, 1.165) is 43.3 Å². The fourth-order valence-electron chi connectivity index (χ4n) is 3.73. The third-order valence-electron chi connectivity index (χ3n) is 5.24. The number of nitro benzene ring substituents is 1. The molecule has 8 heteroatoms. The van der Waals surface area contributed by atoms with Gasteiger partial charge in [0.15, 0.2) is 0 Å². The molecule has 0 amide bonds. The molecule has 0 bridgehead atoms. The van der Waals surface area contributed by atoms with E-state index in [1.54, 1.807) is 25.1 Å². The SMILES string of the molecule is Cc1cc(=O)oc2cc(OC(=O)c3ccc(N4CCCCC4)c([N+](=O)[O-])c3)ccc12. The molecule has 0 aliphatic carbocycles. The smallest absolute Gasteiger partial charge is 0.343 e. The van der Waals surface area contributed by atoms with Crippen LogP contribution in [0.4, 0.5) is 11.4 Å². The molecule has 154 valence electrons. The minimum atomic E-state index is -0.724. The number of ether oxygens (including phenoxy) is 1. The summed E-state index contributed by atoms with van der Waals surface area (Å²) in [5, 5.41) is 12.3. The monoisotopic (exact) mass is 408 g/mol. The third-order valence-corrected chi connectivity index (χ3v) is 5.24. The van der Waals surface area contributed by atoms with Crippen LogP contribution in [-0.4, -0.2) is 24.0 Å². The quantitative estimate of drug-likeness (QED) is 0.209. The van der Waals surface area contributed by atoms with Crippen LogP contribution in [0, 0.1) is 17.0 Å². The normalized spacial score (nSPS) is 14.0. The van der Waals surface area contributed by atoms with E-state index in [2.05, 4.69) is 0 Å². The third kappa shape index (κ3) is 3.89. The molecule has 4 rings (SSSR count). The van der Waals surface area contributed by atoms with Crippen molar-refractivity contribution in [3.63, 3.8) is 0 Å². The number of anilines is 1. The summed E-state index contributed by atoms with van der Waals surface area (Å²) in [7, 11) is 0. The first-order valence-corrected chi connectivity index (χ1v) is 9.72. The van der Waals surface area contributed by atoms with Crippen molar-refractivity contribution < 1.29 is 18.9 Å². The Hall–Kier alpha value is -3.68. The summed E-state index contributed by atoms with van der Waals surface area (Å²) < 4.78 is 10.5. The highest BCUT2D eigenvalue weighted by Gasteiger charge is 2.24. The summed E-state index contributed by atoms with van der Waals surface area (Å²) in [5.74, 6) is -0.540. The molecule has 1 aromatic heterocycles. The Morgan fingerprint density at radius 2 is 1.87 bits per heavy atom. The van der Waals surface area contributed by atoms with Gasteiger partial charge in [0.25, 0.3) is 5.69 Å². The van der Waals surface area contributed by atoms with Gasteiger partial charge in [-0.05, 0) is 56.0 Å². The Balaban J connectivity index is 1.61. The highest BCUT2D eigenvalue weighted by atomic mass is 16.6. The number of hydrogen-bond acceptors (Lipinski definition) is 7. The molecule has 2 heterocycles. The Kier molecular flexibility index (Phi) is 5.22. The molecule has 1 aliphatic rings. The van der Waals surface area contributed by atoms with Crippen molar-refractivity contribution in [2.75, 3.05) is 18.0 Å². The minimum Gasteiger partial charge on any atom is -0.423 e. The largest absolute Gasteiger partial charge is 0.423 e. The number of piperidine rings is 1. The van der Waals surface area contributed by atoms with Gasteiger partial charge >= 0.3 is 11.6 Å². The molecule has 0 atom stereocenters. The summed E-state index contributed by atoms with van der Waals surface area (Å²) >= 11 is 0. The molecule has 3 aromatic rings. The van der Waals surface area contributed by atoms with Crippen molar-refractivity contribution >= 4 is 28.3 Å². The maximum atomic E-state index is 12.6. The Morgan fingerprint density at radius 1 is 1.10 bits per heavy atom. The average molecular weight is 408 g/mol. The number of fused-ring (bicyclic) bond motifs is 1. The van der Waals surface area contributed by atoms with Crippen molar-refractivity contribution in [2.24, 2.45) is 0 Å². The summed E-state index contributed by atoms with van der Waals surface area (Å²) in [5.41, 5.74) is 1.03. The van der Waals surface area contributed by atoms with Crippen molar-refractivity contribution in [1.29, 1.82) is 0 Å². The molecule has 0 unspecified atom stereocenters. The Morgan fingerprint density at radius 3 is 2.60 bits per heavy atom. The van der Waals surface area contributed by atoms with Crippen LogP contribution in [0.3, 0.4) is 0 Å². The molecule has 1 saturated heterocycles. The van der Waals surface area contributed by atoms with Crippen LogP contribution >= 0.6 is 0 Å². The summed E-state index contributed by atoms with van der Waals surface area (Å²) in [6.45, 7) is 3.30. The summed E-state index contributed by atoms with van der Waals surface area (Å²) in [4.78, 5) is 37.3. The number of nitro groups is 1. The second-order valence-electron chi connectivity index (χ2n) is 7.30. The van der Waals surface area contributed by atoms with E-state index >= 15 is 0 Å². The van der Waals surface area contributed by atoms with Gasteiger partial charge in [-0.25, -0.2) is 9.59 Å². The van der Waals surface area contributed by atoms with Crippen LogP contribution in [0.15, 0.2) is 51.7 Å². The van der Waals surface area contributed by atoms with E-state index in [4.69, 9.17) is 9.15 Å². The van der Waals surface area contributed by atoms with E-state index in [1.807, 2.05) is 4.90 Å². The molecule has 0 saturated carbocycles. The highest BCUT2D eigenvalue weighted by molar-refractivity contribution is 5.93. The van der Waals surface area contributed by atoms with E-state index in [9.17, 15) is 19.7 Å². The maximum Gasteiger partial charge on any atom is 0.343 e. The summed E-state index contributed by atoms with van der Waals surface area (Å²) in [6, 6.07) is 10.5. The van der Waals surface area contributed by atoms with Gasteiger partial charge < -0.3 is 14.1 Å². The second kappa shape index (κ2) is 7.98. The van der Waals surface area contributed by atoms with Crippen molar-refractivity contribution in [3.05, 3.63) is 74.1 Å². The van der Waals surface area contributed by atoms with E-state index in [0.29, 0.717) is 11.3 Å². The number of hydrogen-bond donors (Lipinski definition) is 0. The lowest BCUT2D eigenvalue weighted by Gasteiger charge is -2.28. The zero-order chi connectivity index (χ0) is 21.3. The molecular formula is C22H20N2O6. The van der Waals surface area contributed by atoms with Gasteiger partial charge in [-0.1, -0.05) is 0 Å². The maximum absolute atomic E-state index is 12.6. The van der Waals surface area contributed by atoms with Crippen molar-refractivity contribution in [1.82, 2.24) is 0 Å². The van der Waals surface area contributed by atoms with Gasteiger partial charge in [-0.15, -0.1) is 0 Å². The summed E-state index contributed by atoms with van der Waals surface area (Å²) in [6.07, 6.45) is 3.08. The molecule has 8 nitrogen and oxygen atoms in total. The molecule has 1 fully saturated rings. The topological polar surface area (TPSA) is 103 Å². The highest BCUT2D eigenvalue weighted by Crippen LogP contribution is 2.32. The molecule has 2 aromatic carbocycles. The number of esters is 1. The molecule has 0 spiro atoms. The fourth-order valence-corrected chi connectivity index (χ4v) is 3.73. The Labute approximate surface area is 171 Å². The van der Waals surface area contributed by atoms with Crippen LogP contribution in [-0.2, 0) is 0 Å². The van der Waals surface area contributed by atoms with Gasteiger partial charge in [0.05, 0.1) is 10.5 Å². The molecular weight excluding hydrogens is 388 g/mol. The first-order valence-electron chi connectivity index (χ1n) is 9.72. The van der Waals surface area contributed by atoms with Gasteiger partial charge in [-0.2, -0.15) is 0 Å². The first-order chi connectivity index (χ1) is 14.4. The number of nitrogens with zero attached hydrogens (tertiary/aromatic N) is 2. The lowest BCUT2D eigenvalue weighted by Crippen LogP contribution is -2.30. The predicted molar refractivity (Wildman–Crippen MR) is 111 cm³/mol. The standard InChI is InChI=1S/C22H20N2O6/c1-14-11-21(25)30-20-13-16(6-7-17(14)20)29-22(26)15-5-8-18(19(12-15)24(27)28)23-9-3-2-4-10-23/h5-8,11-13H,2-4,9-10H2,1H3. The van der Waals surface area contributed by atoms with Crippen LogP contribution in [0.25, 0.3) is 11.0 Å². The number of benzene rings is 2. The molecule has 1 aliphatic heterocycles. The zero-order valence-electron chi connectivity index (χ0n) is 16.4. The van der Waals surface area contributed by atoms with Crippen LogP contribution in [0.1, 0.15) is 35.2 Å². The first kappa shape index (κ1) is 19.6. The molecule has 0 N–H and O–H groups in total. The van der Waals surface area contributed by atoms with Gasteiger partial charge in [0.2, 0.25) is 0 Å². The molecule has 0 radical (unpaired) electrons. The average Bonchev–Trinajstić information content (AvgIpc) is 2.73. The number of carbonyl (C=O) groups excluding carboxylic acids is 1. The predicted octanol–water partition coefficient (Wildman–Crippen LogP) is 4.22. The van der Waals surface area contributed by atoms with Crippen LogP contribution in [0.2, 0.25) is 0 Å². The van der Waals surface area contributed by atoms with Gasteiger partial charge in [0.1, 0.15) is 17.0 Å². The number of carbonyl (C=O) groups is 1. The zero-order valence-corrected chi connectivity index (χ0v) is 16.4. The lowest BCUT2D eigenvalue weighted by molar-refractivity contribution is -0.384. The lowest BCUT2D eigenvalue weighted by atomic mass is 10.1. The number of aryl methyl sites for hydroxylation is 1. The van der Waals surface area contributed by atoms with E-state index in [1.165, 1.54) is 24.3 Å². The fraction of sp³-hybridized carbons (Fsp3) is 0.273. The second-order valence-corrected chi connectivity index (χ2v) is 7.30. The van der Waals surface area contributed by atoms with Gasteiger partial charge in [0, 0.05) is 36.7 Å². The minimum absolute atomic E-state index is 0.0771. The Bertz CT molecular complexity index is 1190. The van der Waals surface area contributed by atoms with E-state index in [-0.39, 0.29) is 17.0 Å². The van der Waals surface area contributed by atoms with Gasteiger partial charge in [-0.3, -0.25) is 10.1 Å². The van der Waals surface area contributed by atoms with E-state index < -0.39 is 16.5 Å². The van der Waals surface area contributed by atoms with Crippen molar-refractivity contribution in [2.45, 2.75) is 26.2 Å². The molecule has 30 heavy (non-hydrogen) atoms. The van der Waals surface area contributed by atoms with Crippen molar-refractivity contribution in [3.8, 4) is 5.75 Å².